The molecule has 0 aliphatic rings. The molecule has 0 unspecified atom stereocenters. The van der Waals surface area contributed by atoms with E-state index in [0.717, 1.165) is 11.1 Å². The van der Waals surface area contributed by atoms with Gasteiger partial charge in [0.1, 0.15) is 0 Å². The normalized spacial score (nSPS) is 10.7. The van der Waals surface area contributed by atoms with E-state index in [1.165, 1.54) is 6.08 Å². The Balaban J connectivity index is 2.07. The zero-order valence-electron chi connectivity index (χ0n) is 13.2. The van der Waals surface area contributed by atoms with Gasteiger partial charge >= 0.3 is 0 Å². The van der Waals surface area contributed by atoms with Crippen LogP contribution in [0.1, 0.15) is 17.5 Å². The highest BCUT2D eigenvalue weighted by molar-refractivity contribution is 6.30. The highest BCUT2D eigenvalue weighted by Gasteiger charge is 2.12. The molecule has 0 saturated carbocycles. The van der Waals surface area contributed by atoms with Crippen LogP contribution in [0.3, 0.4) is 0 Å². The molecule has 4 nitrogen and oxygen atoms in total. The van der Waals surface area contributed by atoms with Crippen LogP contribution in [0.4, 0.5) is 0 Å². The van der Waals surface area contributed by atoms with Gasteiger partial charge in [-0.15, -0.1) is 0 Å². The molecule has 0 aliphatic carbocycles. The fraction of sp³-hybridized carbons (Fsp3) is 0.158. The van der Waals surface area contributed by atoms with Gasteiger partial charge in [0.05, 0.1) is 0 Å². The Kier molecular flexibility index (Phi) is 6.58. The van der Waals surface area contributed by atoms with Gasteiger partial charge < -0.3 is 10.6 Å². The maximum atomic E-state index is 12.5. The molecule has 24 heavy (non-hydrogen) atoms. The summed E-state index contributed by atoms with van der Waals surface area (Å²) in [7, 11) is 0. The molecule has 2 aromatic carbocycles. The maximum absolute atomic E-state index is 12.5. The van der Waals surface area contributed by atoms with Crippen molar-refractivity contribution in [2.45, 2.75) is 13.0 Å². The number of rotatable bonds is 7. The molecule has 2 aromatic rings. The summed E-state index contributed by atoms with van der Waals surface area (Å²) in [6.07, 6.45) is 3.35. The van der Waals surface area contributed by atoms with E-state index in [4.69, 9.17) is 17.3 Å². The highest BCUT2D eigenvalue weighted by atomic mass is 35.5. The summed E-state index contributed by atoms with van der Waals surface area (Å²) < 4.78 is 0. The SMILES string of the molecule is NC(=O)CCN(Cc1ccccc1)C(=O)/C=C/c1ccc(Cl)cc1. The Hall–Kier alpha value is -2.59. The molecule has 0 spiro atoms. The predicted molar refractivity (Wildman–Crippen MR) is 96.2 cm³/mol. The predicted octanol–water partition coefficient (Wildman–Crippen LogP) is 3.26. The third-order valence-electron chi connectivity index (χ3n) is 3.44. The summed E-state index contributed by atoms with van der Waals surface area (Å²) >= 11 is 5.84. The van der Waals surface area contributed by atoms with Gasteiger partial charge in [0.2, 0.25) is 11.8 Å². The van der Waals surface area contributed by atoms with Crippen LogP contribution >= 0.6 is 11.6 Å². The molecule has 0 aliphatic heterocycles. The summed E-state index contributed by atoms with van der Waals surface area (Å²) in [6, 6.07) is 16.8. The van der Waals surface area contributed by atoms with Crippen molar-refractivity contribution in [3.8, 4) is 0 Å². The lowest BCUT2D eigenvalue weighted by molar-refractivity contribution is -0.127. The molecule has 0 aromatic heterocycles. The Bertz CT molecular complexity index is 712. The van der Waals surface area contributed by atoms with Crippen LogP contribution in [0, 0.1) is 0 Å². The van der Waals surface area contributed by atoms with E-state index in [1.807, 2.05) is 42.5 Å². The molecule has 0 fully saturated rings. The number of primary amides is 1. The number of nitrogens with zero attached hydrogens (tertiary/aromatic N) is 1. The minimum absolute atomic E-state index is 0.132. The van der Waals surface area contributed by atoms with E-state index in [1.54, 1.807) is 23.1 Å². The molecule has 124 valence electrons. The molecule has 5 heteroatoms. The molecule has 2 N–H and O–H groups in total. The van der Waals surface area contributed by atoms with Crippen molar-refractivity contribution in [1.29, 1.82) is 0 Å². The smallest absolute Gasteiger partial charge is 0.246 e. The van der Waals surface area contributed by atoms with Crippen LogP contribution in [0.25, 0.3) is 6.08 Å². The van der Waals surface area contributed by atoms with Gasteiger partial charge in [0.15, 0.2) is 0 Å². The van der Waals surface area contributed by atoms with Crippen molar-refractivity contribution in [3.63, 3.8) is 0 Å². The van der Waals surface area contributed by atoms with Crippen molar-refractivity contribution in [3.05, 3.63) is 76.8 Å². The number of nitrogens with two attached hydrogens (primary N) is 1. The van der Waals surface area contributed by atoms with Gasteiger partial charge in [-0.05, 0) is 29.3 Å². The Morgan fingerprint density at radius 3 is 2.33 bits per heavy atom. The van der Waals surface area contributed by atoms with Gasteiger partial charge in [-0.3, -0.25) is 9.59 Å². The number of carbonyl (C=O) groups excluding carboxylic acids is 2. The molecule has 2 rings (SSSR count). The van der Waals surface area contributed by atoms with E-state index in [-0.39, 0.29) is 18.9 Å². The van der Waals surface area contributed by atoms with Crippen molar-refractivity contribution in [2.24, 2.45) is 5.73 Å². The lowest BCUT2D eigenvalue weighted by Gasteiger charge is -2.20. The van der Waals surface area contributed by atoms with E-state index >= 15 is 0 Å². The first-order valence-electron chi connectivity index (χ1n) is 7.59. The number of hydrogen-bond donors (Lipinski definition) is 1. The number of hydrogen-bond acceptors (Lipinski definition) is 2. The average molecular weight is 343 g/mol. The molecular weight excluding hydrogens is 324 g/mol. The van der Waals surface area contributed by atoms with Gasteiger partial charge in [0, 0.05) is 30.6 Å². The fourth-order valence-corrected chi connectivity index (χ4v) is 2.29. The van der Waals surface area contributed by atoms with E-state index in [2.05, 4.69) is 0 Å². The zero-order chi connectivity index (χ0) is 17.4. The van der Waals surface area contributed by atoms with Gasteiger partial charge in [-0.2, -0.15) is 0 Å². The number of amides is 2. The third kappa shape index (κ3) is 5.89. The van der Waals surface area contributed by atoms with Gasteiger partial charge in [0.25, 0.3) is 0 Å². The average Bonchev–Trinajstić information content (AvgIpc) is 2.58. The zero-order valence-corrected chi connectivity index (χ0v) is 13.9. The van der Waals surface area contributed by atoms with E-state index in [0.29, 0.717) is 11.6 Å². The van der Waals surface area contributed by atoms with Crippen molar-refractivity contribution < 1.29 is 9.59 Å². The summed E-state index contributed by atoms with van der Waals surface area (Å²) in [6.45, 7) is 0.714. The first-order valence-corrected chi connectivity index (χ1v) is 7.97. The summed E-state index contributed by atoms with van der Waals surface area (Å²) in [5.74, 6) is -0.599. The molecule has 0 bridgehead atoms. The third-order valence-corrected chi connectivity index (χ3v) is 3.70. The number of benzene rings is 2. The highest BCUT2D eigenvalue weighted by Crippen LogP contribution is 2.11. The summed E-state index contributed by atoms with van der Waals surface area (Å²) in [4.78, 5) is 25.1. The second-order valence-corrected chi connectivity index (χ2v) is 5.78. The van der Waals surface area contributed by atoms with E-state index in [9.17, 15) is 9.59 Å². The lowest BCUT2D eigenvalue weighted by Crippen LogP contribution is -2.32. The van der Waals surface area contributed by atoms with Gasteiger partial charge in [-0.1, -0.05) is 54.1 Å². The topological polar surface area (TPSA) is 63.4 Å². The first-order chi connectivity index (χ1) is 11.5. The first kappa shape index (κ1) is 17.8. The molecule has 0 saturated heterocycles. The second kappa shape index (κ2) is 8.89. The van der Waals surface area contributed by atoms with Crippen LogP contribution in [-0.2, 0) is 16.1 Å². The molecular formula is C19H19ClN2O2. The van der Waals surface area contributed by atoms with Crippen molar-refractivity contribution in [1.82, 2.24) is 4.90 Å². The molecule has 0 atom stereocenters. The van der Waals surface area contributed by atoms with Gasteiger partial charge in [-0.25, -0.2) is 0 Å². The molecule has 0 radical (unpaired) electrons. The maximum Gasteiger partial charge on any atom is 0.246 e. The van der Waals surface area contributed by atoms with Crippen molar-refractivity contribution in [2.75, 3.05) is 6.54 Å². The number of halogens is 1. The largest absolute Gasteiger partial charge is 0.370 e. The Morgan fingerprint density at radius 1 is 1.04 bits per heavy atom. The summed E-state index contributed by atoms with van der Waals surface area (Å²) in [5, 5.41) is 0.644. The van der Waals surface area contributed by atoms with Crippen molar-refractivity contribution >= 4 is 29.5 Å². The standard InChI is InChI=1S/C19H19ClN2O2/c20-17-9-6-15(7-10-17)8-11-19(24)22(13-12-18(21)23)14-16-4-2-1-3-5-16/h1-11H,12-14H2,(H2,21,23)/b11-8+. The number of carbonyl (C=O) groups is 2. The Labute approximate surface area is 146 Å². The van der Waals surface area contributed by atoms with Crippen LogP contribution in [-0.4, -0.2) is 23.3 Å². The second-order valence-electron chi connectivity index (χ2n) is 5.35. The minimum atomic E-state index is -0.428. The molecule has 2 amide bonds. The molecule has 0 heterocycles. The van der Waals surface area contributed by atoms with Crippen LogP contribution < -0.4 is 5.73 Å². The monoisotopic (exact) mass is 342 g/mol. The minimum Gasteiger partial charge on any atom is -0.370 e. The summed E-state index contributed by atoms with van der Waals surface area (Å²) in [5.41, 5.74) is 7.08. The van der Waals surface area contributed by atoms with E-state index < -0.39 is 5.91 Å². The van der Waals surface area contributed by atoms with Crippen LogP contribution in [0.15, 0.2) is 60.7 Å². The van der Waals surface area contributed by atoms with Crippen LogP contribution in [0.5, 0.6) is 0 Å². The van der Waals surface area contributed by atoms with Crippen LogP contribution in [0.2, 0.25) is 5.02 Å². The Morgan fingerprint density at radius 2 is 1.71 bits per heavy atom. The lowest BCUT2D eigenvalue weighted by atomic mass is 10.2. The quantitative estimate of drug-likeness (QED) is 0.785. The fourth-order valence-electron chi connectivity index (χ4n) is 2.16.